The molecule has 0 saturated heterocycles. The van der Waals surface area contributed by atoms with Gasteiger partial charge >= 0.3 is 6.18 Å². The van der Waals surface area contributed by atoms with E-state index in [2.05, 4.69) is 5.10 Å². The molecule has 1 aromatic heterocycles. The fraction of sp³-hybridized carbons (Fsp3) is 0.286. The molecular weight excluding hydrogens is 442 g/mol. The first-order chi connectivity index (χ1) is 11.0. The second-order valence-electron chi connectivity index (χ2n) is 5.52. The lowest BCUT2D eigenvalue weighted by atomic mass is 9.97. The molecule has 1 amide bonds. The van der Waals surface area contributed by atoms with Crippen LogP contribution in [-0.4, -0.2) is 27.4 Å². The normalized spacial score (nSPS) is 19.9. The summed E-state index contributed by atoms with van der Waals surface area (Å²) < 4.78 is 47.7. The number of alkyl halides is 3. The van der Waals surface area contributed by atoms with Gasteiger partial charge in [-0.25, -0.2) is 4.68 Å². The van der Waals surface area contributed by atoms with Crippen molar-refractivity contribution in [3.8, 4) is 11.4 Å². The molecule has 1 unspecified atom stereocenters. The largest absolute Gasteiger partial charge is 0.488 e. The number of carbonyl (C=O) groups is 1. The fourth-order valence-corrected chi connectivity index (χ4v) is 3.07. The summed E-state index contributed by atoms with van der Waals surface area (Å²) in [4.78, 5) is 11.5. The third kappa shape index (κ3) is 2.62. The zero-order chi connectivity index (χ0) is 17.9. The average Bonchev–Trinajstić information content (AvgIpc) is 2.83. The van der Waals surface area contributed by atoms with E-state index in [1.807, 2.05) is 22.6 Å². The standard InChI is InChI=1S/C14H11F3IN3O3/c1-13(23)5-24-8-3-2-6(18)4-7(8)21-11(13)9(14(15,16)17)10(20-21)12(19)22/h2-4,23H,5H2,1H3,(H2,19,22). The van der Waals surface area contributed by atoms with Gasteiger partial charge in [0.25, 0.3) is 5.91 Å². The van der Waals surface area contributed by atoms with Crippen molar-refractivity contribution < 1.29 is 27.8 Å². The maximum Gasteiger partial charge on any atom is 0.420 e. The van der Waals surface area contributed by atoms with Crippen LogP contribution in [0.4, 0.5) is 13.2 Å². The Hall–Kier alpha value is -1.82. The van der Waals surface area contributed by atoms with Crippen LogP contribution in [0.15, 0.2) is 18.2 Å². The molecule has 6 nitrogen and oxygen atoms in total. The minimum atomic E-state index is -4.92. The summed E-state index contributed by atoms with van der Waals surface area (Å²) in [5.41, 5.74) is 0.357. The van der Waals surface area contributed by atoms with Crippen LogP contribution in [0.25, 0.3) is 5.69 Å². The number of carbonyl (C=O) groups excluding carboxylic acids is 1. The summed E-state index contributed by atoms with van der Waals surface area (Å²) in [5, 5.41) is 14.3. The molecule has 2 aromatic rings. The molecule has 24 heavy (non-hydrogen) atoms. The lowest BCUT2D eigenvalue weighted by molar-refractivity contribution is -0.141. The first-order valence-corrected chi connectivity index (χ1v) is 7.76. The van der Waals surface area contributed by atoms with Crippen molar-refractivity contribution in [3.63, 3.8) is 0 Å². The van der Waals surface area contributed by atoms with E-state index in [0.717, 1.165) is 11.6 Å². The number of nitrogens with two attached hydrogens (primary N) is 1. The molecular formula is C14H11F3IN3O3. The van der Waals surface area contributed by atoms with E-state index in [4.69, 9.17) is 10.5 Å². The molecule has 0 saturated carbocycles. The van der Waals surface area contributed by atoms with Gasteiger partial charge in [0.05, 0.1) is 5.69 Å². The van der Waals surface area contributed by atoms with Crippen molar-refractivity contribution in [1.82, 2.24) is 9.78 Å². The fourth-order valence-electron chi connectivity index (χ4n) is 2.60. The molecule has 0 radical (unpaired) electrons. The Kier molecular flexibility index (Phi) is 3.79. The van der Waals surface area contributed by atoms with E-state index < -0.39 is 41.2 Å². The molecule has 128 valence electrons. The number of primary amides is 1. The lowest BCUT2D eigenvalue weighted by Crippen LogP contribution is -2.33. The van der Waals surface area contributed by atoms with Crippen LogP contribution in [-0.2, 0) is 11.8 Å². The molecule has 1 aliphatic rings. The van der Waals surface area contributed by atoms with Crippen molar-refractivity contribution in [2.45, 2.75) is 18.7 Å². The van der Waals surface area contributed by atoms with Crippen LogP contribution in [0.5, 0.6) is 5.75 Å². The van der Waals surface area contributed by atoms with Crippen molar-refractivity contribution >= 4 is 28.5 Å². The quantitative estimate of drug-likeness (QED) is 0.649. The van der Waals surface area contributed by atoms with Crippen LogP contribution < -0.4 is 10.5 Å². The summed E-state index contributed by atoms with van der Waals surface area (Å²) in [7, 11) is 0. The highest BCUT2D eigenvalue weighted by Gasteiger charge is 2.48. The number of amides is 1. The monoisotopic (exact) mass is 453 g/mol. The number of hydrogen-bond donors (Lipinski definition) is 2. The van der Waals surface area contributed by atoms with E-state index in [1.165, 1.54) is 0 Å². The number of aliphatic hydroxyl groups is 1. The van der Waals surface area contributed by atoms with Crippen molar-refractivity contribution in [3.05, 3.63) is 38.7 Å². The molecule has 0 bridgehead atoms. The van der Waals surface area contributed by atoms with E-state index in [9.17, 15) is 23.1 Å². The SMILES string of the molecule is CC1(O)COc2ccc(I)cc2-n2nc(C(N)=O)c(C(F)(F)F)c21. The van der Waals surface area contributed by atoms with Gasteiger partial charge in [0.1, 0.15) is 29.2 Å². The Morgan fingerprint density at radius 1 is 1.50 bits per heavy atom. The number of nitrogens with zero attached hydrogens (tertiary/aromatic N) is 2. The minimum absolute atomic E-state index is 0.188. The second kappa shape index (κ2) is 5.34. The van der Waals surface area contributed by atoms with Gasteiger partial charge in [-0.1, -0.05) is 0 Å². The summed E-state index contributed by atoms with van der Waals surface area (Å²) in [5.74, 6) is -1.09. The Labute approximate surface area is 147 Å². The molecule has 3 N–H and O–H groups in total. The summed E-state index contributed by atoms with van der Waals surface area (Å²) in [6.07, 6.45) is -4.92. The second-order valence-corrected chi connectivity index (χ2v) is 6.77. The van der Waals surface area contributed by atoms with Gasteiger partial charge in [-0.2, -0.15) is 18.3 Å². The zero-order valence-corrected chi connectivity index (χ0v) is 14.3. The zero-order valence-electron chi connectivity index (χ0n) is 12.2. The van der Waals surface area contributed by atoms with Crippen molar-refractivity contribution in [2.24, 2.45) is 5.73 Å². The van der Waals surface area contributed by atoms with Gasteiger partial charge in [0.2, 0.25) is 0 Å². The Morgan fingerprint density at radius 2 is 2.17 bits per heavy atom. The predicted octanol–water partition coefficient (Wildman–Crippen LogP) is 2.19. The maximum atomic E-state index is 13.5. The van der Waals surface area contributed by atoms with E-state index in [-0.39, 0.29) is 11.4 Å². The van der Waals surface area contributed by atoms with Crippen molar-refractivity contribution in [2.75, 3.05) is 6.61 Å². The maximum absolute atomic E-state index is 13.5. The molecule has 1 aliphatic heterocycles. The van der Waals surface area contributed by atoms with Crippen LogP contribution in [0.1, 0.15) is 28.7 Å². The average molecular weight is 453 g/mol. The Bertz CT molecular complexity index is 846. The minimum Gasteiger partial charge on any atom is -0.488 e. The number of fused-ring (bicyclic) bond motifs is 3. The molecule has 1 atom stereocenters. The van der Waals surface area contributed by atoms with E-state index in [0.29, 0.717) is 3.57 Å². The van der Waals surface area contributed by atoms with Crippen LogP contribution in [0.3, 0.4) is 0 Å². The van der Waals surface area contributed by atoms with Gasteiger partial charge in [0, 0.05) is 3.57 Å². The highest BCUT2D eigenvalue weighted by atomic mass is 127. The van der Waals surface area contributed by atoms with Crippen LogP contribution >= 0.6 is 22.6 Å². The van der Waals surface area contributed by atoms with Gasteiger partial charge in [0.15, 0.2) is 5.69 Å². The molecule has 0 aliphatic carbocycles. The molecule has 2 heterocycles. The van der Waals surface area contributed by atoms with Gasteiger partial charge in [-0.05, 0) is 47.7 Å². The molecule has 0 spiro atoms. The molecule has 3 rings (SSSR count). The van der Waals surface area contributed by atoms with Crippen molar-refractivity contribution in [1.29, 1.82) is 0 Å². The number of ether oxygens (including phenoxy) is 1. The number of aromatic nitrogens is 2. The highest BCUT2D eigenvalue weighted by molar-refractivity contribution is 14.1. The number of hydrogen-bond acceptors (Lipinski definition) is 4. The summed E-state index contributed by atoms with van der Waals surface area (Å²) >= 11 is 1.98. The predicted molar refractivity (Wildman–Crippen MR) is 84.9 cm³/mol. The first-order valence-electron chi connectivity index (χ1n) is 6.68. The first kappa shape index (κ1) is 17.0. The number of halogens is 4. The Balaban J connectivity index is 2.45. The highest BCUT2D eigenvalue weighted by Crippen LogP contribution is 2.43. The van der Waals surface area contributed by atoms with Crippen LogP contribution in [0, 0.1) is 3.57 Å². The smallest absolute Gasteiger partial charge is 0.420 e. The summed E-state index contributed by atoms with van der Waals surface area (Å²) in [6.45, 7) is 0.727. The van der Waals surface area contributed by atoms with Gasteiger partial charge in [-0.15, -0.1) is 0 Å². The third-order valence-corrected chi connectivity index (χ3v) is 4.24. The van der Waals surface area contributed by atoms with Crippen LogP contribution in [0.2, 0.25) is 0 Å². The number of rotatable bonds is 1. The molecule has 10 heteroatoms. The third-order valence-electron chi connectivity index (χ3n) is 3.57. The Morgan fingerprint density at radius 3 is 2.75 bits per heavy atom. The number of benzene rings is 1. The summed E-state index contributed by atoms with van der Waals surface area (Å²) in [6, 6.07) is 4.79. The lowest BCUT2D eigenvalue weighted by Gasteiger charge is -2.23. The van der Waals surface area contributed by atoms with E-state index >= 15 is 0 Å². The molecule has 0 fully saturated rings. The van der Waals surface area contributed by atoms with E-state index in [1.54, 1.807) is 18.2 Å². The topological polar surface area (TPSA) is 90.4 Å². The molecule has 1 aromatic carbocycles. The van der Waals surface area contributed by atoms with Gasteiger partial charge < -0.3 is 15.6 Å². The van der Waals surface area contributed by atoms with Gasteiger partial charge in [-0.3, -0.25) is 4.79 Å².